The Hall–Kier alpha value is -1.92. The molecule has 2 saturated carbocycles. The van der Waals surface area contributed by atoms with Gasteiger partial charge in [-0.2, -0.15) is 0 Å². The average molecular weight is 388 g/mol. The number of carboxylic acids is 1. The van der Waals surface area contributed by atoms with Crippen molar-refractivity contribution in [3.8, 4) is 5.75 Å². The highest BCUT2D eigenvalue weighted by molar-refractivity contribution is 5.78. The lowest BCUT2D eigenvalue weighted by Crippen LogP contribution is -2.44. The van der Waals surface area contributed by atoms with Crippen molar-refractivity contribution >= 4 is 11.9 Å². The molecule has 0 bridgehead atoms. The summed E-state index contributed by atoms with van der Waals surface area (Å²) >= 11 is 0. The highest BCUT2D eigenvalue weighted by Crippen LogP contribution is 2.60. The standard InChI is InChI=1S/C22H28O6/c1-22-9-8-15-14-5-3-13(28-20(26)7-6-19(24)25)10-12(14)2-4-16(15)17(22)11-18(23)21(22)27/h3,5,10,15-18,21,23,27H,2,4,6-9,11H2,1H3,(H,24,25)/t15?,16?,17?,18?,21?,22-/m0/s1. The second-order valence-electron chi connectivity index (χ2n) is 8.94. The van der Waals surface area contributed by atoms with Crippen LogP contribution in [0.5, 0.6) is 5.75 Å². The zero-order valence-electron chi connectivity index (χ0n) is 16.1. The third-order valence-electron chi connectivity index (χ3n) is 7.45. The Balaban J connectivity index is 1.50. The van der Waals surface area contributed by atoms with Gasteiger partial charge in [-0.15, -0.1) is 0 Å². The molecule has 28 heavy (non-hydrogen) atoms. The zero-order valence-corrected chi connectivity index (χ0v) is 16.1. The maximum atomic E-state index is 11.8. The highest BCUT2D eigenvalue weighted by atomic mass is 16.5. The summed E-state index contributed by atoms with van der Waals surface area (Å²) in [7, 11) is 0. The number of aliphatic hydroxyl groups is 2. The van der Waals surface area contributed by atoms with Crippen molar-refractivity contribution in [2.75, 3.05) is 0 Å². The summed E-state index contributed by atoms with van der Waals surface area (Å²) in [5.41, 5.74) is 2.28. The van der Waals surface area contributed by atoms with Gasteiger partial charge in [-0.05, 0) is 78.5 Å². The number of hydrogen-bond acceptors (Lipinski definition) is 5. The van der Waals surface area contributed by atoms with Crippen LogP contribution in [0, 0.1) is 17.3 Å². The minimum Gasteiger partial charge on any atom is -0.481 e. The summed E-state index contributed by atoms with van der Waals surface area (Å²) in [6, 6.07) is 5.75. The van der Waals surface area contributed by atoms with Gasteiger partial charge in [0.2, 0.25) is 0 Å². The van der Waals surface area contributed by atoms with Crippen LogP contribution in [0.4, 0.5) is 0 Å². The van der Waals surface area contributed by atoms with Crippen molar-refractivity contribution in [2.45, 2.75) is 70.0 Å². The molecule has 152 valence electrons. The largest absolute Gasteiger partial charge is 0.481 e. The van der Waals surface area contributed by atoms with Crippen LogP contribution in [0.25, 0.3) is 0 Å². The monoisotopic (exact) mass is 388 g/mol. The fraction of sp³-hybridized carbons (Fsp3) is 0.636. The Morgan fingerprint density at radius 3 is 2.75 bits per heavy atom. The molecule has 5 unspecified atom stereocenters. The minimum absolute atomic E-state index is 0.137. The maximum Gasteiger partial charge on any atom is 0.311 e. The number of ether oxygens (including phenoxy) is 1. The van der Waals surface area contributed by atoms with Crippen LogP contribution in [0.3, 0.4) is 0 Å². The van der Waals surface area contributed by atoms with Crippen molar-refractivity contribution in [3.63, 3.8) is 0 Å². The lowest BCUT2D eigenvalue weighted by molar-refractivity contribution is -0.142. The van der Waals surface area contributed by atoms with Gasteiger partial charge in [0.05, 0.1) is 25.0 Å². The molecule has 0 amide bonds. The van der Waals surface area contributed by atoms with Gasteiger partial charge in [0, 0.05) is 0 Å². The first-order chi connectivity index (χ1) is 13.3. The zero-order chi connectivity index (χ0) is 20.1. The molecular formula is C22H28O6. The number of aryl methyl sites for hydroxylation is 1. The normalized spacial score (nSPS) is 36.2. The van der Waals surface area contributed by atoms with Gasteiger partial charge in [-0.25, -0.2) is 0 Å². The van der Waals surface area contributed by atoms with Gasteiger partial charge in [0.15, 0.2) is 0 Å². The fourth-order valence-corrected chi connectivity index (χ4v) is 6.00. The van der Waals surface area contributed by atoms with E-state index in [1.165, 1.54) is 11.1 Å². The predicted octanol–water partition coefficient (Wildman–Crippen LogP) is 2.64. The Labute approximate surface area is 164 Å². The molecule has 1 aromatic carbocycles. The van der Waals surface area contributed by atoms with Crippen molar-refractivity contribution in [2.24, 2.45) is 17.3 Å². The number of aliphatic carboxylic acids is 1. The number of aliphatic hydroxyl groups excluding tert-OH is 2. The third-order valence-corrected chi connectivity index (χ3v) is 7.45. The second-order valence-corrected chi connectivity index (χ2v) is 8.94. The van der Waals surface area contributed by atoms with Gasteiger partial charge in [0.1, 0.15) is 5.75 Å². The van der Waals surface area contributed by atoms with Crippen LogP contribution in [-0.4, -0.2) is 39.5 Å². The van der Waals surface area contributed by atoms with Gasteiger partial charge >= 0.3 is 11.9 Å². The SMILES string of the molecule is C[C@]12CCC3c4ccc(OC(=O)CCC(=O)O)cc4CCC3C1CC(O)C2O. The third kappa shape index (κ3) is 3.22. The lowest BCUT2D eigenvalue weighted by atomic mass is 9.55. The van der Waals surface area contributed by atoms with Crippen LogP contribution in [-0.2, 0) is 16.0 Å². The van der Waals surface area contributed by atoms with Crippen LogP contribution in [0.1, 0.15) is 62.5 Å². The second kappa shape index (κ2) is 7.16. The van der Waals surface area contributed by atoms with E-state index in [-0.39, 0.29) is 18.3 Å². The van der Waals surface area contributed by atoms with Gasteiger partial charge in [-0.1, -0.05) is 13.0 Å². The lowest BCUT2D eigenvalue weighted by Gasteiger charge is -2.49. The fourth-order valence-electron chi connectivity index (χ4n) is 6.00. The number of fused-ring (bicyclic) bond motifs is 5. The van der Waals surface area contributed by atoms with E-state index in [1.807, 2.05) is 12.1 Å². The quantitative estimate of drug-likeness (QED) is 0.541. The van der Waals surface area contributed by atoms with E-state index in [0.29, 0.717) is 29.9 Å². The van der Waals surface area contributed by atoms with Crippen LogP contribution in [0.2, 0.25) is 0 Å². The Morgan fingerprint density at radius 1 is 1.21 bits per heavy atom. The molecule has 0 heterocycles. The van der Waals surface area contributed by atoms with Crippen molar-refractivity contribution in [1.82, 2.24) is 0 Å². The van der Waals surface area contributed by atoms with Gasteiger partial charge in [-0.3, -0.25) is 9.59 Å². The molecule has 3 aliphatic carbocycles. The Bertz CT molecular complexity index is 789. The molecule has 2 fully saturated rings. The number of benzene rings is 1. The van der Waals surface area contributed by atoms with Crippen LogP contribution < -0.4 is 4.74 Å². The van der Waals surface area contributed by atoms with Crippen molar-refractivity contribution in [1.29, 1.82) is 0 Å². The van der Waals surface area contributed by atoms with E-state index in [4.69, 9.17) is 9.84 Å². The van der Waals surface area contributed by atoms with E-state index in [9.17, 15) is 19.8 Å². The van der Waals surface area contributed by atoms with Gasteiger partial charge < -0.3 is 20.1 Å². The van der Waals surface area contributed by atoms with Crippen LogP contribution >= 0.6 is 0 Å². The summed E-state index contributed by atoms with van der Waals surface area (Å²) in [5, 5.41) is 29.4. The Kier molecular flexibility index (Phi) is 4.96. The number of carbonyl (C=O) groups is 2. The van der Waals surface area contributed by atoms with Crippen molar-refractivity contribution < 1.29 is 29.6 Å². The topological polar surface area (TPSA) is 104 Å². The molecule has 6 nitrogen and oxygen atoms in total. The predicted molar refractivity (Wildman–Crippen MR) is 101 cm³/mol. The average Bonchev–Trinajstić information content (AvgIpc) is 2.90. The molecule has 0 radical (unpaired) electrons. The first-order valence-corrected chi connectivity index (χ1v) is 10.2. The van der Waals surface area contributed by atoms with Gasteiger partial charge in [0.25, 0.3) is 0 Å². The number of carboxylic acid groups (broad SMARTS) is 1. The maximum absolute atomic E-state index is 11.8. The molecule has 0 saturated heterocycles. The summed E-state index contributed by atoms with van der Waals surface area (Å²) in [6.07, 6.45) is 2.84. The molecule has 6 heteroatoms. The molecule has 4 rings (SSSR count). The number of hydrogen-bond donors (Lipinski definition) is 3. The summed E-state index contributed by atoms with van der Waals surface area (Å²) in [5.74, 6) is 0.134. The van der Waals surface area contributed by atoms with E-state index >= 15 is 0 Å². The number of esters is 1. The van der Waals surface area contributed by atoms with Crippen LogP contribution in [0.15, 0.2) is 18.2 Å². The molecular weight excluding hydrogens is 360 g/mol. The molecule has 3 N–H and O–H groups in total. The van der Waals surface area contributed by atoms with Crippen molar-refractivity contribution in [3.05, 3.63) is 29.3 Å². The first kappa shape index (κ1) is 19.4. The van der Waals surface area contributed by atoms with E-state index in [2.05, 4.69) is 6.92 Å². The number of rotatable bonds is 4. The molecule has 0 aromatic heterocycles. The first-order valence-electron chi connectivity index (χ1n) is 10.2. The molecule has 1 aromatic rings. The summed E-state index contributed by atoms with van der Waals surface area (Å²) in [6.45, 7) is 2.13. The Morgan fingerprint density at radius 2 is 2.00 bits per heavy atom. The molecule has 0 spiro atoms. The van der Waals surface area contributed by atoms with E-state index in [1.54, 1.807) is 6.07 Å². The smallest absolute Gasteiger partial charge is 0.311 e. The minimum atomic E-state index is -1.01. The van der Waals surface area contributed by atoms with E-state index < -0.39 is 24.1 Å². The molecule has 6 atom stereocenters. The summed E-state index contributed by atoms with van der Waals surface area (Å²) < 4.78 is 5.31. The molecule has 0 aliphatic heterocycles. The number of carbonyl (C=O) groups excluding carboxylic acids is 1. The highest BCUT2D eigenvalue weighted by Gasteiger charge is 2.57. The van der Waals surface area contributed by atoms with E-state index in [0.717, 1.165) is 25.7 Å². The summed E-state index contributed by atoms with van der Waals surface area (Å²) in [4.78, 5) is 22.4. The molecule has 3 aliphatic rings.